The Balaban J connectivity index is 2.28. The number of nitrogens with one attached hydrogen (secondary N) is 1. The summed E-state index contributed by atoms with van der Waals surface area (Å²) in [6.45, 7) is 4.93. The average Bonchev–Trinajstić information content (AvgIpc) is 2.66. The minimum Gasteiger partial charge on any atom is -0.242 e. The van der Waals surface area contributed by atoms with Gasteiger partial charge in [0.05, 0.1) is 15.7 Å². The van der Waals surface area contributed by atoms with Crippen LogP contribution in [0.3, 0.4) is 0 Å². The van der Waals surface area contributed by atoms with Crippen molar-refractivity contribution in [3.63, 3.8) is 0 Å². The summed E-state index contributed by atoms with van der Waals surface area (Å²) in [7, 11) is -1.91. The van der Waals surface area contributed by atoms with Gasteiger partial charge >= 0.3 is 6.18 Å². The number of alkyl halides is 3. The van der Waals surface area contributed by atoms with E-state index < -0.39 is 27.4 Å². The molecular formula is C23H28F3NOS. The van der Waals surface area contributed by atoms with Crippen LogP contribution >= 0.6 is 0 Å². The molecule has 0 aliphatic carbocycles. The van der Waals surface area contributed by atoms with Gasteiger partial charge in [-0.05, 0) is 51.2 Å². The number of aryl methyl sites for hydroxylation is 1. The molecule has 0 aliphatic heterocycles. The molecule has 2 atom stereocenters. The van der Waals surface area contributed by atoms with Gasteiger partial charge in [0.15, 0.2) is 5.54 Å². The molecule has 2 aromatic rings. The largest absolute Gasteiger partial charge is 0.415 e. The molecule has 0 fully saturated rings. The Labute approximate surface area is 173 Å². The molecule has 0 unspecified atom stereocenters. The van der Waals surface area contributed by atoms with Gasteiger partial charge in [-0.1, -0.05) is 72.8 Å². The Morgan fingerprint density at radius 2 is 1.48 bits per heavy atom. The lowest BCUT2D eigenvalue weighted by molar-refractivity contribution is -0.179. The fourth-order valence-electron chi connectivity index (χ4n) is 2.83. The van der Waals surface area contributed by atoms with Crippen molar-refractivity contribution >= 4 is 11.0 Å². The van der Waals surface area contributed by atoms with Crippen LogP contribution in [0.5, 0.6) is 0 Å². The van der Waals surface area contributed by atoms with E-state index in [4.69, 9.17) is 0 Å². The Morgan fingerprint density at radius 3 is 2.00 bits per heavy atom. The number of allylic oxidation sites excluding steroid dienone is 1. The minimum atomic E-state index is -4.66. The normalized spacial score (nSPS) is 15.9. The van der Waals surface area contributed by atoms with Crippen LogP contribution < -0.4 is 4.72 Å². The first-order chi connectivity index (χ1) is 13.6. The van der Waals surface area contributed by atoms with E-state index in [2.05, 4.69) is 4.72 Å². The highest BCUT2D eigenvalue weighted by Gasteiger charge is 2.56. The van der Waals surface area contributed by atoms with Gasteiger partial charge in [0, 0.05) is 0 Å². The molecule has 0 aromatic heterocycles. The van der Waals surface area contributed by atoms with Crippen LogP contribution in [0.4, 0.5) is 13.2 Å². The van der Waals surface area contributed by atoms with E-state index in [1.807, 2.05) is 30.3 Å². The van der Waals surface area contributed by atoms with E-state index in [0.29, 0.717) is 6.42 Å². The van der Waals surface area contributed by atoms with E-state index in [1.165, 1.54) is 18.2 Å². The molecule has 6 heteroatoms. The van der Waals surface area contributed by atoms with Crippen molar-refractivity contribution in [3.05, 3.63) is 83.9 Å². The number of unbranched alkanes of at least 4 members (excludes halogenated alkanes) is 1. The van der Waals surface area contributed by atoms with E-state index in [9.17, 15) is 17.4 Å². The maximum atomic E-state index is 14.3. The maximum absolute atomic E-state index is 14.3. The number of hydrogen-bond donors (Lipinski definition) is 1. The minimum absolute atomic E-state index is 0.0180. The molecule has 0 heterocycles. The summed E-state index contributed by atoms with van der Waals surface area (Å²) >= 11 is 0. The van der Waals surface area contributed by atoms with Crippen LogP contribution in [0, 0.1) is 0 Å². The molecule has 0 saturated carbocycles. The predicted molar refractivity (Wildman–Crippen MR) is 114 cm³/mol. The van der Waals surface area contributed by atoms with Crippen molar-refractivity contribution in [2.24, 2.45) is 0 Å². The first kappa shape index (κ1) is 23.4. The van der Waals surface area contributed by atoms with Crippen molar-refractivity contribution in [3.8, 4) is 0 Å². The lowest BCUT2D eigenvalue weighted by atomic mass is 9.89. The van der Waals surface area contributed by atoms with Crippen LogP contribution in [0.25, 0.3) is 0 Å². The van der Waals surface area contributed by atoms with Gasteiger partial charge in [-0.2, -0.15) is 13.2 Å². The lowest BCUT2D eigenvalue weighted by Gasteiger charge is -2.36. The van der Waals surface area contributed by atoms with E-state index >= 15 is 0 Å². The van der Waals surface area contributed by atoms with Crippen molar-refractivity contribution in [2.75, 3.05) is 0 Å². The molecule has 0 saturated heterocycles. The van der Waals surface area contributed by atoms with Gasteiger partial charge in [0.25, 0.3) is 0 Å². The third kappa shape index (κ3) is 6.28. The molecule has 0 spiro atoms. The highest BCUT2D eigenvalue weighted by atomic mass is 32.2. The van der Waals surface area contributed by atoms with Crippen LogP contribution in [-0.4, -0.2) is 15.1 Å². The van der Waals surface area contributed by atoms with Crippen molar-refractivity contribution < 1.29 is 17.4 Å². The highest BCUT2D eigenvalue weighted by Crippen LogP contribution is 2.41. The second-order valence-corrected chi connectivity index (χ2v) is 9.90. The fraction of sp³-hybridized carbons (Fsp3) is 0.391. The molecule has 2 aromatic carbocycles. The molecule has 2 rings (SSSR count). The van der Waals surface area contributed by atoms with Crippen molar-refractivity contribution in [1.82, 2.24) is 4.72 Å². The standard InChI is InChI=1S/C23H28F3NOS/c1-21(2,3)29(28)27-22(23(24,25)26,20-16-10-5-11-17-20)18-12-6-9-15-19-13-7-4-8-14-19/h4-5,7-8,10-14,16-18,27H,6,9,15H2,1-3H3/b18-12+/t22-,29+/m1/s1. The van der Waals surface area contributed by atoms with Crippen molar-refractivity contribution in [1.29, 1.82) is 0 Å². The molecule has 0 aliphatic rings. The fourth-order valence-corrected chi connectivity index (χ4v) is 3.73. The predicted octanol–water partition coefficient (Wildman–Crippen LogP) is 6.08. The number of benzene rings is 2. The van der Waals surface area contributed by atoms with E-state index in [1.54, 1.807) is 39.0 Å². The molecular weight excluding hydrogens is 395 g/mol. The van der Waals surface area contributed by atoms with Crippen molar-refractivity contribution in [2.45, 2.75) is 56.5 Å². The third-order valence-electron chi connectivity index (χ3n) is 4.53. The summed E-state index contributed by atoms with van der Waals surface area (Å²) < 4.78 is 57.2. The summed E-state index contributed by atoms with van der Waals surface area (Å²) in [5.74, 6) is 0. The first-order valence-corrected chi connectivity index (χ1v) is 10.7. The quantitative estimate of drug-likeness (QED) is 0.405. The second-order valence-electron chi connectivity index (χ2n) is 7.94. The molecule has 2 nitrogen and oxygen atoms in total. The Hall–Kier alpha value is -1.92. The average molecular weight is 424 g/mol. The van der Waals surface area contributed by atoms with Crippen LogP contribution in [0.15, 0.2) is 72.8 Å². The third-order valence-corrected chi connectivity index (χ3v) is 6.15. The molecule has 158 valence electrons. The Morgan fingerprint density at radius 1 is 0.931 bits per heavy atom. The molecule has 29 heavy (non-hydrogen) atoms. The molecule has 0 amide bonds. The zero-order valence-corrected chi connectivity index (χ0v) is 17.8. The maximum Gasteiger partial charge on any atom is 0.415 e. The first-order valence-electron chi connectivity index (χ1n) is 9.60. The SMILES string of the molecule is CC(C)(C)[S@](=O)N[C@](/C=C/CCCc1ccccc1)(c1ccccc1)C(F)(F)F. The molecule has 0 radical (unpaired) electrons. The smallest absolute Gasteiger partial charge is 0.242 e. The van der Waals surface area contributed by atoms with E-state index in [0.717, 1.165) is 24.5 Å². The van der Waals surface area contributed by atoms with E-state index in [-0.39, 0.29) is 5.56 Å². The lowest BCUT2D eigenvalue weighted by Crippen LogP contribution is -2.55. The highest BCUT2D eigenvalue weighted by molar-refractivity contribution is 7.84. The van der Waals surface area contributed by atoms with Gasteiger partial charge in [-0.15, -0.1) is 0 Å². The Bertz CT molecular complexity index is 814. The number of rotatable bonds is 8. The molecule has 0 bridgehead atoms. The van der Waals surface area contributed by atoms with Gasteiger partial charge in [0.2, 0.25) is 0 Å². The van der Waals surface area contributed by atoms with Crippen LogP contribution in [-0.2, 0) is 22.9 Å². The summed E-state index contributed by atoms with van der Waals surface area (Å²) in [6, 6.07) is 17.4. The van der Waals surface area contributed by atoms with Gasteiger partial charge in [0.1, 0.15) is 0 Å². The Kier molecular flexibility index (Phi) is 7.83. The summed E-state index contributed by atoms with van der Waals surface area (Å²) in [5, 5.41) is 0. The number of hydrogen-bond acceptors (Lipinski definition) is 1. The van der Waals surface area contributed by atoms with Gasteiger partial charge < -0.3 is 0 Å². The van der Waals surface area contributed by atoms with Gasteiger partial charge in [-0.3, -0.25) is 0 Å². The van der Waals surface area contributed by atoms with Crippen LogP contribution in [0.2, 0.25) is 0 Å². The molecule has 1 N–H and O–H groups in total. The zero-order valence-electron chi connectivity index (χ0n) is 17.0. The topological polar surface area (TPSA) is 29.1 Å². The second kappa shape index (κ2) is 9.72. The monoisotopic (exact) mass is 423 g/mol. The summed E-state index contributed by atoms with van der Waals surface area (Å²) in [4.78, 5) is 0. The van der Waals surface area contributed by atoms with Crippen LogP contribution in [0.1, 0.15) is 44.7 Å². The summed E-state index contributed by atoms with van der Waals surface area (Å²) in [5.41, 5.74) is -1.35. The zero-order chi connectivity index (χ0) is 21.5. The van der Waals surface area contributed by atoms with Gasteiger partial charge in [-0.25, -0.2) is 8.93 Å². The summed E-state index contributed by atoms with van der Waals surface area (Å²) in [6.07, 6.45) is 0.00429. The number of halogens is 3.